The molecule has 1 fully saturated rings. The number of hydrogen-bond acceptors (Lipinski definition) is 2. The Kier molecular flexibility index (Phi) is 2.06. The molecule has 0 saturated carbocycles. The number of nitrogens with one attached hydrogen (secondary N) is 1. The van der Waals surface area contributed by atoms with Gasteiger partial charge >= 0.3 is 0 Å². The summed E-state index contributed by atoms with van der Waals surface area (Å²) >= 11 is 0. The van der Waals surface area contributed by atoms with Crippen LogP contribution in [0, 0.1) is 17.8 Å². The molecule has 15 heavy (non-hydrogen) atoms. The van der Waals surface area contributed by atoms with Crippen molar-refractivity contribution in [2.75, 3.05) is 13.1 Å². The number of allylic oxidation sites excluding steroid dienone is 1. The molecule has 2 atom stereocenters. The maximum Gasteiger partial charge on any atom is 0.212 e. The third-order valence-electron chi connectivity index (χ3n) is 3.44. The van der Waals surface area contributed by atoms with Gasteiger partial charge < -0.3 is 5.32 Å². The Bertz CT molecular complexity index is 397. The van der Waals surface area contributed by atoms with Crippen molar-refractivity contribution < 1.29 is 4.39 Å². The van der Waals surface area contributed by atoms with Gasteiger partial charge in [0.15, 0.2) is 0 Å². The van der Waals surface area contributed by atoms with Crippen LogP contribution in [0.15, 0.2) is 24.4 Å². The lowest BCUT2D eigenvalue weighted by Crippen LogP contribution is -2.10. The maximum atomic E-state index is 12.7. The summed E-state index contributed by atoms with van der Waals surface area (Å²) in [4.78, 5) is 3.71. The summed E-state index contributed by atoms with van der Waals surface area (Å²) in [6, 6.07) is 3.26. The molecule has 2 aliphatic rings. The van der Waals surface area contributed by atoms with Crippen LogP contribution in [0.2, 0.25) is 0 Å². The van der Waals surface area contributed by atoms with E-state index < -0.39 is 5.95 Å². The minimum absolute atomic E-state index is 0.404. The van der Waals surface area contributed by atoms with Gasteiger partial charge in [-0.3, -0.25) is 0 Å². The van der Waals surface area contributed by atoms with E-state index in [1.165, 1.54) is 11.6 Å². The highest BCUT2D eigenvalue weighted by atomic mass is 19.1. The highest BCUT2D eigenvalue weighted by Gasteiger charge is 2.34. The van der Waals surface area contributed by atoms with Crippen LogP contribution in [0.5, 0.6) is 0 Å². The van der Waals surface area contributed by atoms with Crippen molar-refractivity contribution in [3.8, 4) is 0 Å². The van der Waals surface area contributed by atoms with E-state index in [9.17, 15) is 4.39 Å². The highest BCUT2D eigenvalue weighted by Crippen LogP contribution is 2.39. The van der Waals surface area contributed by atoms with E-state index in [-0.39, 0.29) is 0 Å². The first-order valence-electron chi connectivity index (χ1n) is 5.37. The SMILES string of the molecule is Fc1ccc(C2=CC[C@H]3CNC[C@@H]23)cn1. The van der Waals surface area contributed by atoms with E-state index >= 15 is 0 Å². The summed E-state index contributed by atoms with van der Waals surface area (Å²) in [5.41, 5.74) is 2.42. The van der Waals surface area contributed by atoms with Crippen LogP contribution >= 0.6 is 0 Å². The fourth-order valence-electron chi connectivity index (χ4n) is 2.65. The van der Waals surface area contributed by atoms with Crippen LogP contribution in [0.4, 0.5) is 4.39 Å². The fraction of sp³-hybridized carbons (Fsp3) is 0.417. The third kappa shape index (κ3) is 1.47. The number of fused-ring (bicyclic) bond motifs is 1. The molecular formula is C12H13FN2. The first-order valence-corrected chi connectivity index (χ1v) is 5.37. The van der Waals surface area contributed by atoms with E-state index in [1.54, 1.807) is 6.20 Å². The smallest absolute Gasteiger partial charge is 0.212 e. The minimum atomic E-state index is -0.404. The molecule has 1 aromatic rings. The Labute approximate surface area is 88.2 Å². The molecule has 3 heteroatoms. The van der Waals surface area contributed by atoms with Crippen molar-refractivity contribution in [3.63, 3.8) is 0 Å². The van der Waals surface area contributed by atoms with Crippen molar-refractivity contribution in [2.24, 2.45) is 11.8 Å². The second-order valence-corrected chi connectivity index (χ2v) is 4.29. The second-order valence-electron chi connectivity index (χ2n) is 4.29. The number of aromatic nitrogens is 1. The average molecular weight is 204 g/mol. The largest absolute Gasteiger partial charge is 0.316 e. The maximum absolute atomic E-state index is 12.7. The molecule has 0 aromatic carbocycles. The first-order chi connectivity index (χ1) is 7.34. The molecule has 0 spiro atoms. The van der Waals surface area contributed by atoms with Gasteiger partial charge in [-0.2, -0.15) is 4.39 Å². The van der Waals surface area contributed by atoms with Crippen LogP contribution in [0.1, 0.15) is 12.0 Å². The van der Waals surface area contributed by atoms with Gasteiger partial charge in [0.05, 0.1) is 0 Å². The number of nitrogens with zero attached hydrogens (tertiary/aromatic N) is 1. The molecule has 3 rings (SSSR count). The van der Waals surface area contributed by atoms with E-state index in [1.807, 2.05) is 6.07 Å². The van der Waals surface area contributed by atoms with Crippen molar-refractivity contribution in [2.45, 2.75) is 6.42 Å². The van der Waals surface area contributed by atoms with E-state index in [0.717, 1.165) is 31.0 Å². The molecule has 0 amide bonds. The quantitative estimate of drug-likeness (QED) is 0.706. The number of halogens is 1. The average Bonchev–Trinajstić information content (AvgIpc) is 2.80. The van der Waals surface area contributed by atoms with E-state index in [4.69, 9.17) is 0 Å². The lowest BCUT2D eigenvalue weighted by atomic mass is 9.91. The minimum Gasteiger partial charge on any atom is -0.316 e. The molecule has 2 heterocycles. The molecule has 1 saturated heterocycles. The van der Waals surface area contributed by atoms with Gasteiger partial charge in [0.25, 0.3) is 0 Å². The van der Waals surface area contributed by atoms with Gasteiger partial charge in [-0.05, 0) is 42.2 Å². The van der Waals surface area contributed by atoms with Crippen molar-refractivity contribution in [1.29, 1.82) is 0 Å². The van der Waals surface area contributed by atoms with Crippen LogP contribution in [0.3, 0.4) is 0 Å². The van der Waals surface area contributed by atoms with E-state index in [2.05, 4.69) is 16.4 Å². The number of pyridine rings is 1. The van der Waals surface area contributed by atoms with Crippen molar-refractivity contribution >= 4 is 5.57 Å². The Morgan fingerprint density at radius 3 is 3.07 bits per heavy atom. The fourth-order valence-corrected chi connectivity index (χ4v) is 2.65. The standard InChI is InChI=1S/C12H13FN2/c13-12-4-2-9(6-15-12)10-3-1-8-5-14-7-11(8)10/h2-4,6,8,11,14H,1,5,7H2/t8-,11+/m0/s1. The predicted molar refractivity (Wildman–Crippen MR) is 56.6 cm³/mol. The van der Waals surface area contributed by atoms with Crippen LogP contribution in [-0.2, 0) is 0 Å². The van der Waals surface area contributed by atoms with Gasteiger partial charge in [0, 0.05) is 18.7 Å². The summed E-state index contributed by atoms with van der Waals surface area (Å²) < 4.78 is 12.7. The predicted octanol–water partition coefficient (Wildman–Crippen LogP) is 1.84. The Hall–Kier alpha value is -1.22. The molecule has 1 aliphatic heterocycles. The molecule has 78 valence electrons. The summed E-state index contributed by atoms with van der Waals surface area (Å²) in [6.07, 6.45) is 5.07. The van der Waals surface area contributed by atoms with Gasteiger partial charge in [0.1, 0.15) is 0 Å². The third-order valence-corrected chi connectivity index (χ3v) is 3.44. The zero-order valence-electron chi connectivity index (χ0n) is 8.41. The summed E-state index contributed by atoms with van der Waals surface area (Å²) in [6.45, 7) is 2.16. The topological polar surface area (TPSA) is 24.9 Å². The second kappa shape index (κ2) is 3.42. The molecule has 1 aliphatic carbocycles. The number of hydrogen-bond donors (Lipinski definition) is 1. The molecule has 1 N–H and O–H groups in total. The Morgan fingerprint density at radius 2 is 2.27 bits per heavy atom. The van der Waals surface area contributed by atoms with Gasteiger partial charge in [-0.15, -0.1) is 0 Å². The molecule has 2 nitrogen and oxygen atoms in total. The Morgan fingerprint density at radius 1 is 1.33 bits per heavy atom. The molecule has 0 unspecified atom stereocenters. The molecule has 0 bridgehead atoms. The lowest BCUT2D eigenvalue weighted by Gasteiger charge is -2.12. The summed E-state index contributed by atoms with van der Waals surface area (Å²) in [5.74, 6) is 0.945. The lowest BCUT2D eigenvalue weighted by molar-refractivity contribution is 0.541. The monoisotopic (exact) mass is 204 g/mol. The van der Waals surface area contributed by atoms with Gasteiger partial charge in [0.2, 0.25) is 5.95 Å². The van der Waals surface area contributed by atoms with Crippen molar-refractivity contribution in [1.82, 2.24) is 10.3 Å². The molecular weight excluding hydrogens is 191 g/mol. The van der Waals surface area contributed by atoms with Gasteiger partial charge in [-0.25, -0.2) is 4.98 Å². The normalized spacial score (nSPS) is 29.0. The summed E-state index contributed by atoms with van der Waals surface area (Å²) in [5, 5.41) is 3.40. The first kappa shape index (κ1) is 9.04. The molecule has 0 radical (unpaired) electrons. The van der Waals surface area contributed by atoms with Crippen LogP contribution in [0.25, 0.3) is 5.57 Å². The van der Waals surface area contributed by atoms with Crippen LogP contribution < -0.4 is 5.32 Å². The zero-order valence-corrected chi connectivity index (χ0v) is 8.41. The van der Waals surface area contributed by atoms with Crippen LogP contribution in [-0.4, -0.2) is 18.1 Å². The van der Waals surface area contributed by atoms with E-state index in [0.29, 0.717) is 5.92 Å². The Balaban J connectivity index is 1.91. The molecule has 1 aromatic heterocycles. The highest BCUT2D eigenvalue weighted by molar-refractivity contribution is 5.69. The zero-order chi connectivity index (χ0) is 10.3. The summed E-state index contributed by atoms with van der Waals surface area (Å²) in [7, 11) is 0. The number of rotatable bonds is 1. The van der Waals surface area contributed by atoms with Gasteiger partial charge in [-0.1, -0.05) is 6.08 Å². The van der Waals surface area contributed by atoms with Crippen molar-refractivity contribution in [3.05, 3.63) is 35.9 Å².